The molecule has 1 aliphatic rings. The molecular formula is C12H18ClN. The number of halogens is 1. The van der Waals surface area contributed by atoms with E-state index in [0.717, 1.165) is 5.92 Å². The normalized spacial score (nSPS) is 25.8. The third-order valence-electron chi connectivity index (χ3n) is 3.06. The number of nitrogens with two attached hydrogens (primary N) is 1. The zero-order chi connectivity index (χ0) is 9.10. The zero-order valence-electron chi connectivity index (χ0n) is 8.36. The van der Waals surface area contributed by atoms with Crippen LogP contribution in [-0.2, 0) is 6.42 Å². The van der Waals surface area contributed by atoms with Crippen LogP contribution in [0.3, 0.4) is 0 Å². The molecule has 0 spiro atoms. The van der Waals surface area contributed by atoms with Gasteiger partial charge in [-0.15, -0.1) is 12.4 Å². The number of rotatable bonds is 2. The zero-order valence-corrected chi connectivity index (χ0v) is 9.17. The first-order valence-corrected chi connectivity index (χ1v) is 5.16. The van der Waals surface area contributed by atoms with Crippen molar-refractivity contribution in [2.45, 2.75) is 31.7 Å². The van der Waals surface area contributed by atoms with Crippen LogP contribution in [0.2, 0.25) is 0 Å². The Morgan fingerprint density at radius 2 is 1.86 bits per heavy atom. The molecule has 14 heavy (non-hydrogen) atoms. The summed E-state index contributed by atoms with van der Waals surface area (Å²) in [6, 6.07) is 11.1. The summed E-state index contributed by atoms with van der Waals surface area (Å²) in [6.45, 7) is 0. The second-order valence-corrected chi connectivity index (χ2v) is 4.04. The Morgan fingerprint density at radius 3 is 2.43 bits per heavy atom. The summed E-state index contributed by atoms with van der Waals surface area (Å²) in [5.41, 5.74) is 7.46. The first-order chi connectivity index (χ1) is 6.36. The first kappa shape index (κ1) is 11.5. The molecule has 1 nitrogen and oxygen atoms in total. The molecule has 0 radical (unpaired) electrons. The van der Waals surface area contributed by atoms with Crippen LogP contribution in [-0.4, -0.2) is 6.04 Å². The molecule has 2 rings (SSSR count). The van der Waals surface area contributed by atoms with Gasteiger partial charge < -0.3 is 5.73 Å². The lowest BCUT2D eigenvalue weighted by Gasteiger charge is -2.14. The maximum absolute atomic E-state index is 6.03. The highest BCUT2D eigenvalue weighted by atomic mass is 35.5. The predicted molar refractivity (Wildman–Crippen MR) is 62.7 cm³/mol. The highest BCUT2D eigenvalue weighted by Crippen LogP contribution is 2.27. The minimum Gasteiger partial charge on any atom is -0.327 e. The van der Waals surface area contributed by atoms with Gasteiger partial charge >= 0.3 is 0 Å². The van der Waals surface area contributed by atoms with Crippen LogP contribution in [0.1, 0.15) is 24.8 Å². The third-order valence-corrected chi connectivity index (χ3v) is 3.06. The molecule has 0 aliphatic heterocycles. The van der Waals surface area contributed by atoms with Gasteiger partial charge in [0.2, 0.25) is 0 Å². The fourth-order valence-electron chi connectivity index (χ4n) is 2.24. The Bertz CT molecular complexity index is 260. The second-order valence-electron chi connectivity index (χ2n) is 4.04. The highest BCUT2D eigenvalue weighted by molar-refractivity contribution is 5.85. The Labute approximate surface area is 92.1 Å². The Hall–Kier alpha value is -0.530. The van der Waals surface area contributed by atoms with Crippen molar-refractivity contribution in [1.82, 2.24) is 0 Å². The average Bonchev–Trinajstić information content (AvgIpc) is 2.54. The molecule has 1 fully saturated rings. The van der Waals surface area contributed by atoms with Crippen molar-refractivity contribution in [2.24, 2.45) is 11.7 Å². The number of benzene rings is 1. The summed E-state index contributed by atoms with van der Waals surface area (Å²) >= 11 is 0. The molecule has 2 atom stereocenters. The minimum atomic E-state index is 0. The average molecular weight is 212 g/mol. The van der Waals surface area contributed by atoms with E-state index in [1.165, 1.54) is 31.2 Å². The molecule has 0 bridgehead atoms. The summed E-state index contributed by atoms with van der Waals surface area (Å²) in [6.07, 6.45) is 5.02. The van der Waals surface area contributed by atoms with Gasteiger partial charge in [-0.3, -0.25) is 0 Å². The molecular weight excluding hydrogens is 194 g/mol. The van der Waals surface area contributed by atoms with Gasteiger partial charge in [0.15, 0.2) is 0 Å². The van der Waals surface area contributed by atoms with E-state index in [1.807, 2.05) is 0 Å². The predicted octanol–water partition coefficient (Wildman–Crippen LogP) is 2.78. The van der Waals surface area contributed by atoms with E-state index in [0.29, 0.717) is 6.04 Å². The Balaban J connectivity index is 0.000000980. The van der Waals surface area contributed by atoms with Gasteiger partial charge in [0.1, 0.15) is 0 Å². The van der Waals surface area contributed by atoms with Crippen molar-refractivity contribution in [3.05, 3.63) is 35.9 Å². The molecule has 2 unspecified atom stereocenters. The molecule has 78 valence electrons. The van der Waals surface area contributed by atoms with Gasteiger partial charge in [-0.05, 0) is 30.7 Å². The van der Waals surface area contributed by atoms with Crippen LogP contribution in [0, 0.1) is 5.92 Å². The van der Waals surface area contributed by atoms with Crippen LogP contribution >= 0.6 is 12.4 Å². The first-order valence-electron chi connectivity index (χ1n) is 5.16. The van der Waals surface area contributed by atoms with Gasteiger partial charge in [0.05, 0.1) is 0 Å². The van der Waals surface area contributed by atoms with Gasteiger partial charge in [0, 0.05) is 6.04 Å². The quantitative estimate of drug-likeness (QED) is 0.800. The van der Waals surface area contributed by atoms with E-state index in [2.05, 4.69) is 30.3 Å². The molecule has 0 saturated heterocycles. The van der Waals surface area contributed by atoms with Crippen LogP contribution in [0.4, 0.5) is 0 Å². The molecule has 0 amide bonds. The maximum atomic E-state index is 6.03. The molecule has 0 heterocycles. The molecule has 1 aromatic rings. The summed E-state index contributed by atoms with van der Waals surface area (Å²) in [7, 11) is 0. The summed E-state index contributed by atoms with van der Waals surface area (Å²) in [4.78, 5) is 0. The minimum absolute atomic E-state index is 0. The van der Waals surface area contributed by atoms with E-state index in [4.69, 9.17) is 5.73 Å². The molecule has 1 aromatic carbocycles. The Kier molecular flexibility index (Phi) is 4.43. The van der Waals surface area contributed by atoms with E-state index in [1.54, 1.807) is 0 Å². The van der Waals surface area contributed by atoms with Crippen molar-refractivity contribution in [1.29, 1.82) is 0 Å². The van der Waals surface area contributed by atoms with Gasteiger partial charge in [0.25, 0.3) is 0 Å². The van der Waals surface area contributed by atoms with Crippen LogP contribution < -0.4 is 5.73 Å². The summed E-state index contributed by atoms with van der Waals surface area (Å²) in [5, 5.41) is 0. The van der Waals surface area contributed by atoms with Crippen LogP contribution in [0.15, 0.2) is 30.3 Å². The smallest absolute Gasteiger partial charge is 0.00703 e. The largest absolute Gasteiger partial charge is 0.327 e. The van der Waals surface area contributed by atoms with Crippen LogP contribution in [0.5, 0.6) is 0 Å². The summed E-state index contributed by atoms with van der Waals surface area (Å²) in [5.74, 6) is 0.724. The molecule has 2 heteroatoms. The van der Waals surface area contributed by atoms with Crippen molar-refractivity contribution in [3.8, 4) is 0 Å². The lowest BCUT2D eigenvalue weighted by Crippen LogP contribution is -2.25. The highest BCUT2D eigenvalue weighted by Gasteiger charge is 2.23. The van der Waals surface area contributed by atoms with Gasteiger partial charge in [-0.25, -0.2) is 0 Å². The van der Waals surface area contributed by atoms with E-state index >= 15 is 0 Å². The van der Waals surface area contributed by atoms with E-state index in [-0.39, 0.29) is 12.4 Å². The molecule has 1 aliphatic carbocycles. The number of hydrogen-bond donors (Lipinski definition) is 1. The summed E-state index contributed by atoms with van der Waals surface area (Å²) < 4.78 is 0. The molecule has 2 N–H and O–H groups in total. The van der Waals surface area contributed by atoms with Gasteiger partial charge in [-0.2, -0.15) is 0 Å². The topological polar surface area (TPSA) is 26.0 Å². The van der Waals surface area contributed by atoms with Crippen molar-refractivity contribution in [3.63, 3.8) is 0 Å². The fourth-order valence-corrected chi connectivity index (χ4v) is 2.24. The second kappa shape index (κ2) is 5.38. The maximum Gasteiger partial charge on any atom is 0.00703 e. The van der Waals surface area contributed by atoms with Crippen LogP contribution in [0.25, 0.3) is 0 Å². The van der Waals surface area contributed by atoms with E-state index in [9.17, 15) is 0 Å². The molecule has 1 saturated carbocycles. The molecule has 0 aromatic heterocycles. The standard InChI is InChI=1S/C12H17N.ClH/c13-12-8-4-7-11(12)9-10-5-2-1-3-6-10;/h1-3,5-6,11-12H,4,7-9,13H2;1H. The third kappa shape index (κ3) is 2.73. The van der Waals surface area contributed by atoms with Crippen molar-refractivity contribution >= 4 is 12.4 Å². The Morgan fingerprint density at radius 1 is 1.14 bits per heavy atom. The van der Waals surface area contributed by atoms with E-state index < -0.39 is 0 Å². The van der Waals surface area contributed by atoms with Crippen molar-refractivity contribution in [2.75, 3.05) is 0 Å². The monoisotopic (exact) mass is 211 g/mol. The SMILES string of the molecule is Cl.NC1CCCC1Cc1ccccc1. The number of hydrogen-bond acceptors (Lipinski definition) is 1. The lowest BCUT2D eigenvalue weighted by molar-refractivity contribution is 0.479. The fraction of sp³-hybridized carbons (Fsp3) is 0.500. The lowest BCUT2D eigenvalue weighted by atomic mass is 9.95. The van der Waals surface area contributed by atoms with Crippen molar-refractivity contribution < 1.29 is 0 Å². The van der Waals surface area contributed by atoms with Gasteiger partial charge in [-0.1, -0.05) is 36.8 Å².